The van der Waals surface area contributed by atoms with Gasteiger partial charge in [0.25, 0.3) is 0 Å². The zero-order valence-corrected chi connectivity index (χ0v) is 10.3. The molecule has 2 aliphatic rings. The molecule has 0 N–H and O–H groups in total. The number of alkyl halides is 4. The summed E-state index contributed by atoms with van der Waals surface area (Å²) >= 11 is 21.4. The van der Waals surface area contributed by atoms with Crippen LogP contribution in [-0.4, -0.2) is 8.62 Å². The molecule has 2 unspecified atom stereocenters. The average Bonchev–Trinajstić information content (AvgIpc) is 2.41. The van der Waals surface area contributed by atoms with E-state index in [9.17, 15) is 0 Å². The lowest BCUT2D eigenvalue weighted by Crippen LogP contribution is -2.30. The second-order valence-corrected chi connectivity index (χ2v) is 7.45. The molecule has 0 aromatic carbocycles. The Morgan fingerprint density at radius 3 is 2.08 bits per heavy atom. The summed E-state index contributed by atoms with van der Waals surface area (Å²) in [6.45, 7) is 0. The molecule has 0 aromatic rings. The topological polar surface area (TPSA) is 0 Å². The van der Waals surface area contributed by atoms with Crippen LogP contribution in [-0.2, 0) is 0 Å². The van der Waals surface area contributed by atoms with Crippen molar-refractivity contribution >= 4 is 50.7 Å². The lowest BCUT2D eigenvalue weighted by atomic mass is 9.90. The van der Waals surface area contributed by atoms with Crippen molar-refractivity contribution in [2.24, 2.45) is 17.8 Å². The maximum Gasteiger partial charge on any atom is 0.193 e. The molecule has 2 fully saturated rings. The number of fused-ring (bicyclic) bond motifs is 2. The third kappa shape index (κ3) is 1.63. The van der Waals surface area contributed by atoms with Gasteiger partial charge in [-0.15, -0.1) is 0 Å². The van der Waals surface area contributed by atoms with E-state index in [1.807, 2.05) is 0 Å². The van der Waals surface area contributed by atoms with Gasteiger partial charge in [0.2, 0.25) is 0 Å². The van der Waals surface area contributed by atoms with E-state index in [2.05, 4.69) is 15.9 Å². The molecule has 0 aromatic heterocycles. The maximum absolute atomic E-state index is 5.91. The van der Waals surface area contributed by atoms with Crippen molar-refractivity contribution in [2.75, 3.05) is 0 Å². The van der Waals surface area contributed by atoms with E-state index >= 15 is 0 Å². The predicted octanol–water partition coefficient (Wildman–Crippen LogP) is 4.17. The summed E-state index contributed by atoms with van der Waals surface area (Å²) in [6, 6.07) is 0. The standard InChI is InChI=1S/C8H10BrCl3/c9-7-3-4-1-5(7)6(2-4)8(10,11)12/h4-7H,1-3H2/t4?,5?,6-,7+/m0/s1. The minimum atomic E-state index is -1.05. The fourth-order valence-electron chi connectivity index (χ4n) is 2.64. The molecule has 0 amide bonds. The number of hydrogen-bond acceptors (Lipinski definition) is 0. The summed E-state index contributed by atoms with van der Waals surface area (Å²) in [7, 11) is 0. The van der Waals surface area contributed by atoms with E-state index < -0.39 is 3.79 Å². The van der Waals surface area contributed by atoms with Gasteiger partial charge in [0.1, 0.15) is 0 Å². The van der Waals surface area contributed by atoms with Crippen LogP contribution in [0.3, 0.4) is 0 Å². The van der Waals surface area contributed by atoms with Crippen LogP contribution in [0.1, 0.15) is 19.3 Å². The highest BCUT2D eigenvalue weighted by Gasteiger charge is 2.52. The summed E-state index contributed by atoms with van der Waals surface area (Å²) in [5, 5.41) is 0. The van der Waals surface area contributed by atoms with E-state index in [0.717, 1.165) is 12.3 Å². The van der Waals surface area contributed by atoms with Crippen LogP contribution >= 0.6 is 50.7 Å². The quantitative estimate of drug-likeness (QED) is 0.588. The Morgan fingerprint density at radius 2 is 1.75 bits per heavy atom. The Balaban J connectivity index is 2.12. The highest BCUT2D eigenvalue weighted by molar-refractivity contribution is 9.09. The van der Waals surface area contributed by atoms with Crippen molar-refractivity contribution in [1.29, 1.82) is 0 Å². The van der Waals surface area contributed by atoms with Gasteiger partial charge in [0, 0.05) is 10.7 Å². The van der Waals surface area contributed by atoms with E-state index in [1.54, 1.807) is 0 Å². The van der Waals surface area contributed by atoms with Gasteiger partial charge >= 0.3 is 0 Å². The first-order valence-electron chi connectivity index (χ1n) is 4.19. The molecule has 0 nitrogen and oxygen atoms in total. The highest BCUT2D eigenvalue weighted by atomic mass is 79.9. The van der Waals surface area contributed by atoms with Crippen LogP contribution in [0.4, 0.5) is 0 Å². The molecule has 2 bridgehead atoms. The first kappa shape index (κ1) is 9.89. The molecule has 2 aliphatic carbocycles. The average molecular weight is 292 g/mol. The summed E-state index contributed by atoms with van der Waals surface area (Å²) in [4.78, 5) is 0.580. The van der Waals surface area contributed by atoms with Crippen molar-refractivity contribution < 1.29 is 0 Å². The zero-order chi connectivity index (χ0) is 8.93. The van der Waals surface area contributed by atoms with Crippen molar-refractivity contribution in [1.82, 2.24) is 0 Å². The van der Waals surface area contributed by atoms with Gasteiger partial charge in [0.05, 0.1) is 0 Å². The SMILES string of the molecule is ClC(Cl)(Cl)[C@H]1CC2CC1[C@H](Br)C2. The summed E-state index contributed by atoms with van der Waals surface area (Å²) < 4.78 is -1.05. The van der Waals surface area contributed by atoms with Gasteiger partial charge < -0.3 is 0 Å². The van der Waals surface area contributed by atoms with Crippen LogP contribution in [0.25, 0.3) is 0 Å². The van der Waals surface area contributed by atoms with Crippen LogP contribution in [0, 0.1) is 17.8 Å². The maximum atomic E-state index is 5.91. The minimum absolute atomic E-state index is 0.269. The largest absolute Gasteiger partial charge is 0.193 e. The van der Waals surface area contributed by atoms with Gasteiger partial charge in [-0.3, -0.25) is 0 Å². The molecule has 12 heavy (non-hydrogen) atoms. The molecule has 0 saturated heterocycles. The molecule has 2 saturated carbocycles. The first-order chi connectivity index (χ1) is 5.48. The second kappa shape index (κ2) is 3.18. The number of hydrogen-bond donors (Lipinski definition) is 0. The minimum Gasteiger partial charge on any atom is -0.0887 e. The lowest BCUT2D eigenvalue weighted by Gasteiger charge is -2.31. The predicted molar refractivity (Wildman–Crippen MR) is 57.3 cm³/mol. The van der Waals surface area contributed by atoms with E-state index in [-0.39, 0.29) is 5.92 Å². The van der Waals surface area contributed by atoms with Crippen molar-refractivity contribution in [3.63, 3.8) is 0 Å². The molecule has 4 atom stereocenters. The Kier molecular flexibility index (Phi) is 2.62. The molecule has 0 radical (unpaired) electrons. The Morgan fingerprint density at radius 1 is 1.08 bits per heavy atom. The van der Waals surface area contributed by atoms with Crippen molar-refractivity contribution in [2.45, 2.75) is 27.9 Å². The van der Waals surface area contributed by atoms with E-state index in [1.165, 1.54) is 12.8 Å². The lowest BCUT2D eigenvalue weighted by molar-refractivity contribution is 0.350. The van der Waals surface area contributed by atoms with Crippen molar-refractivity contribution in [3.8, 4) is 0 Å². The molecular weight excluding hydrogens is 282 g/mol. The molecule has 4 heteroatoms. The molecule has 0 spiro atoms. The normalized spacial score (nSPS) is 47.0. The number of rotatable bonds is 0. The third-order valence-corrected chi connectivity index (χ3v) is 5.05. The van der Waals surface area contributed by atoms with Gasteiger partial charge in [-0.2, -0.15) is 0 Å². The first-order valence-corrected chi connectivity index (χ1v) is 6.24. The van der Waals surface area contributed by atoms with Crippen LogP contribution in [0.2, 0.25) is 0 Å². The third-order valence-electron chi connectivity index (χ3n) is 3.15. The fourth-order valence-corrected chi connectivity index (χ4v) is 4.51. The fraction of sp³-hybridized carbons (Fsp3) is 1.00. The van der Waals surface area contributed by atoms with Crippen LogP contribution in [0.15, 0.2) is 0 Å². The van der Waals surface area contributed by atoms with Crippen LogP contribution < -0.4 is 0 Å². The van der Waals surface area contributed by atoms with E-state index in [0.29, 0.717) is 10.7 Å². The van der Waals surface area contributed by atoms with E-state index in [4.69, 9.17) is 34.8 Å². The zero-order valence-electron chi connectivity index (χ0n) is 6.44. The Hall–Kier alpha value is 1.35. The summed E-state index contributed by atoms with van der Waals surface area (Å²) in [6.07, 6.45) is 3.61. The molecule has 2 rings (SSSR count). The molecule has 70 valence electrons. The second-order valence-electron chi connectivity index (χ2n) is 3.90. The Labute approximate surface area is 96.1 Å². The molecular formula is C8H10BrCl3. The highest BCUT2D eigenvalue weighted by Crippen LogP contribution is 2.58. The monoisotopic (exact) mass is 290 g/mol. The van der Waals surface area contributed by atoms with Crippen molar-refractivity contribution in [3.05, 3.63) is 0 Å². The van der Waals surface area contributed by atoms with Crippen LogP contribution in [0.5, 0.6) is 0 Å². The summed E-state index contributed by atoms with van der Waals surface area (Å²) in [5.41, 5.74) is 0. The molecule has 0 aliphatic heterocycles. The number of halogens is 4. The Bertz CT molecular complexity index is 189. The summed E-state index contributed by atoms with van der Waals surface area (Å²) in [5.74, 6) is 1.65. The van der Waals surface area contributed by atoms with Gasteiger partial charge in [-0.1, -0.05) is 50.7 Å². The molecule has 0 heterocycles. The smallest absolute Gasteiger partial charge is 0.0887 e. The van der Waals surface area contributed by atoms with Gasteiger partial charge in [0.15, 0.2) is 3.79 Å². The van der Waals surface area contributed by atoms with Gasteiger partial charge in [-0.25, -0.2) is 0 Å². The van der Waals surface area contributed by atoms with Gasteiger partial charge in [-0.05, 0) is 31.1 Å².